The minimum absolute atomic E-state index is 0.174. The second-order valence-corrected chi connectivity index (χ2v) is 8.11. The normalized spacial score (nSPS) is 14.8. The molecule has 5 nitrogen and oxygen atoms in total. The summed E-state index contributed by atoms with van der Waals surface area (Å²) in [4.78, 5) is 22.6. The molecule has 4 rings (SSSR count). The van der Waals surface area contributed by atoms with Crippen LogP contribution in [0, 0.1) is 0 Å². The fourth-order valence-electron chi connectivity index (χ4n) is 3.96. The Kier molecular flexibility index (Phi) is 6.55. The summed E-state index contributed by atoms with van der Waals surface area (Å²) >= 11 is 4.50. The SMILES string of the molecule is COc1ccc(N2CCN(CCCC(=O)c3cc(S)c4ncccc4c3)CC2)cc1. The van der Waals surface area contributed by atoms with Crippen LogP contribution in [0.15, 0.2) is 59.6 Å². The van der Waals surface area contributed by atoms with Gasteiger partial charge in [0.25, 0.3) is 0 Å². The second kappa shape index (κ2) is 9.49. The average Bonchev–Trinajstić information content (AvgIpc) is 2.79. The number of benzene rings is 2. The van der Waals surface area contributed by atoms with E-state index < -0.39 is 0 Å². The van der Waals surface area contributed by atoms with Crippen LogP contribution in [-0.4, -0.2) is 55.5 Å². The standard InChI is InChI=1S/C24H27N3O2S/c1-29-21-8-6-20(7-9-21)27-14-12-26(13-15-27)11-3-5-22(28)19-16-18-4-2-10-25-24(18)23(30)17-19/h2,4,6-10,16-17,30H,3,5,11-15H2,1H3. The molecule has 156 valence electrons. The van der Waals surface area contributed by atoms with E-state index in [2.05, 4.69) is 39.5 Å². The first-order chi connectivity index (χ1) is 14.6. The highest BCUT2D eigenvalue weighted by Crippen LogP contribution is 2.23. The van der Waals surface area contributed by atoms with Crippen LogP contribution < -0.4 is 9.64 Å². The van der Waals surface area contributed by atoms with Gasteiger partial charge in [0, 0.05) is 60.3 Å². The van der Waals surface area contributed by atoms with Gasteiger partial charge >= 0.3 is 0 Å². The molecule has 6 heteroatoms. The maximum atomic E-state index is 12.7. The Labute approximate surface area is 183 Å². The van der Waals surface area contributed by atoms with Gasteiger partial charge in [0.05, 0.1) is 12.6 Å². The van der Waals surface area contributed by atoms with Crippen LogP contribution in [0.3, 0.4) is 0 Å². The Hall–Kier alpha value is -2.57. The minimum Gasteiger partial charge on any atom is -0.497 e. The van der Waals surface area contributed by atoms with Crippen molar-refractivity contribution in [1.82, 2.24) is 9.88 Å². The van der Waals surface area contributed by atoms with Gasteiger partial charge < -0.3 is 9.64 Å². The lowest BCUT2D eigenvalue weighted by Gasteiger charge is -2.36. The zero-order valence-corrected chi connectivity index (χ0v) is 18.1. The van der Waals surface area contributed by atoms with Crippen molar-refractivity contribution in [3.63, 3.8) is 0 Å². The molecule has 0 N–H and O–H groups in total. The molecule has 0 unspecified atom stereocenters. The number of hydrogen-bond acceptors (Lipinski definition) is 6. The number of carbonyl (C=O) groups excluding carboxylic acids is 1. The van der Waals surface area contributed by atoms with Crippen LogP contribution in [0.25, 0.3) is 10.9 Å². The topological polar surface area (TPSA) is 45.7 Å². The van der Waals surface area contributed by atoms with E-state index in [-0.39, 0.29) is 5.78 Å². The molecule has 30 heavy (non-hydrogen) atoms. The fraction of sp³-hybridized carbons (Fsp3) is 0.333. The highest BCUT2D eigenvalue weighted by Gasteiger charge is 2.17. The molecule has 1 aromatic heterocycles. The van der Waals surface area contributed by atoms with Crippen molar-refractivity contribution in [3.8, 4) is 5.75 Å². The van der Waals surface area contributed by atoms with Crippen molar-refractivity contribution < 1.29 is 9.53 Å². The molecule has 0 atom stereocenters. The van der Waals surface area contributed by atoms with Crippen molar-refractivity contribution in [1.29, 1.82) is 0 Å². The van der Waals surface area contributed by atoms with Gasteiger partial charge in [0.2, 0.25) is 0 Å². The summed E-state index contributed by atoms with van der Waals surface area (Å²) in [6.45, 7) is 4.98. The fourth-order valence-corrected chi connectivity index (χ4v) is 4.29. The van der Waals surface area contributed by atoms with E-state index in [1.807, 2.05) is 36.4 Å². The number of carbonyl (C=O) groups is 1. The monoisotopic (exact) mass is 421 g/mol. The molecule has 3 aromatic rings. The van der Waals surface area contributed by atoms with Crippen molar-refractivity contribution in [2.45, 2.75) is 17.7 Å². The van der Waals surface area contributed by atoms with Crippen LogP contribution in [0.5, 0.6) is 5.75 Å². The predicted molar refractivity (Wildman–Crippen MR) is 124 cm³/mol. The molecular formula is C24H27N3O2S. The Morgan fingerprint density at radius 1 is 1.10 bits per heavy atom. The summed E-state index contributed by atoms with van der Waals surface area (Å²) in [6.07, 6.45) is 3.17. The number of nitrogens with zero attached hydrogens (tertiary/aromatic N) is 3. The summed E-state index contributed by atoms with van der Waals surface area (Å²) in [7, 11) is 1.69. The molecule has 1 aliphatic rings. The number of anilines is 1. The van der Waals surface area contributed by atoms with E-state index >= 15 is 0 Å². The highest BCUT2D eigenvalue weighted by atomic mass is 32.1. The molecule has 0 saturated carbocycles. The van der Waals surface area contributed by atoms with Crippen molar-refractivity contribution in [2.75, 3.05) is 44.7 Å². The first-order valence-electron chi connectivity index (χ1n) is 10.4. The average molecular weight is 422 g/mol. The van der Waals surface area contributed by atoms with E-state index in [9.17, 15) is 4.79 Å². The van der Waals surface area contributed by atoms with E-state index in [0.29, 0.717) is 6.42 Å². The number of ketones is 1. The smallest absolute Gasteiger partial charge is 0.162 e. The van der Waals surface area contributed by atoms with E-state index in [4.69, 9.17) is 4.74 Å². The van der Waals surface area contributed by atoms with Crippen LogP contribution in [0.4, 0.5) is 5.69 Å². The number of thiol groups is 1. The molecule has 2 heterocycles. The number of piperazine rings is 1. The molecule has 0 aliphatic carbocycles. The Morgan fingerprint density at radius 2 is 1.87 bits per heavy atom. The van der Waals surface area contributed by atoms with Crippen molar-refractivity contribution in [2.24, 2.45) is 0 Å². The summed E-state index contributed by atoms with van der Waals surface area (Å²) in [5.74, 6) is 1.06. The predicted octanol–water partition coefficient (Wildman–Crippen LogP) is 4.32. The molecule has 1 fully saturated rings. The molecule has 1 saturated heterocycles. The maximum absolute atomic E-state index is 12.7. The third-order valence-corrected chi connectivity index (χ3v) is 6.04. The lowest BCUT2D eigenvalue weighted by atomic mass is 10.0. The van der Waals surface area contributed by atoms with Gasteiger partial charge in [-0.25, -0.2) is 0 Å². The molecule has 2 aromatic carbocycles. The molecule has 0 bridgehead atoms. The first kappa shape index (κ1) is 20.7. The van der Waals surface area contributed by atoms with Crippen molar-refractivity contribution >= 4 is 35.0 Å². The third-order valence-electron chi connectivity index (χ3n) is 5.69. The first-order valence-corrected chi connectivity index (χ1v) is 10.8. The number of hydrogen-bond donors (Lipinski definition) is 1. The van der Waals surface area contributed by atoms with Crippen molar-refractivity contribution in [3.05, 3.63) is 60.3 Å². The van der Waals surface area contributed by atoms with Crippen LogP contribution in [0.2, 0.25) is 0 Å². The Balaban J connectivity index is 1.25. The Morgan fingerprint density at radius 3 is 2.60 bits per heavy atom. The minimum atomic E-state index is 0.174. The van der Waals surface area contributed by atoms with Gasteiger partial charge in [0.1, 0.15) is 5.75 Å². The lowest BCUT2D eigenvalue weighted by molar-refractivity contribution is 0.0974. The van der Waals surface area contributed by atoms with Crippen LogP contribution in [-0.2, 0) is 0 Å². The highest BCUT2D eigenvalue weighted by molar-refractivity contribution is 7.80. The van der Waals surface area contributed by atoms with Gasteiger partial charge in [-0.2, -0.15) is 0 Å². The van der Waals surface area contributed by atoms with Crippen LogP contribution >= 0.6 is 12.6 Å². The van der Waals surface area contributed by atoms with Gasteiger partial charge in [-0.15, -0.1) is 12.6 Å². The number of Topliss-reactive ketones (excluding diaryl/α,β-unsaturated/α-hetero) is 1. The maximum Gasteiger partial charge on any atom is 0.162 e. The number of aromatic nitrogens is 1. The number of fused-ring (bicyclic) bond motifs is 1. The van der Waals surface area contributed by atoms with E-state index in [0.717, 1.165) is 66.3 Å². The van der Waals surface area contributed by atoms with E-state index in [1.165, 1.54) is 5.69 Å². The number of ether oxygens (including phenoxy) is 1. The molecule has 0 spiro atoms. The number of rotatable bonds is 7. The van der Waals surface area contributed by atoms with Crippen LogP contribution in [0.1, 0.15) is 23.2 Å². The summed E-state index contributed by atoms with van der Waals surface area (Å²) < 4.78 is 5.24. The Bertz CT molecular complexity index is 1010. The largest absolute Gasteiger partial charge is 0.497 e. The molecule has 0 amide bonds. The zero-order chi connectivity index (χ0) is 20.9. The second-order valence-electron chi connectivity index (χ2n) is 7.62. The summed E-state index contributed by atoms with van der Waals surface area (Å²) in [5, 5.41) is 0.961. The summed E-state index contributed by atoms with van der Waals surface area (Å²) in [5.41, 5.74) is 2.80. The van der Waals surface area contributed by atoms with Gasteiger partial charge in [0.15, 0.2) is 5.78 Å². The van der Waals surface area contributed by atoms with Gasteiger partial charge in [-0.05, 0) is 55.4 Å². The number of methoxy groups -OCH3 is 1. The number of pyridine rings is 1. The summed E-state index contributed by atoms with van der Waals surface area (Å²) in [6, 6.07) is 15.9. The molecule has 1 aliphatic heterocycles. The van der Waals surface area contributed by atoms with Gasteiger partial charge in [-0.3, -0.25) is 14.7 Å². The van der Waals surface area contributed by atoms with E-state index in [1.54, 1.807) is 13.3 Å². The third kappa shape index (κ3) is 4.77. The lowest BCUT2D eigenvalue weighted by Crippen LogP contribution is -2.46. The molecule has 0 radical (unpaired) electrons. The van der Waals surface area contributed by atoms with Gasteiger partial charge in [-0.1, -0.05) is 6.07 Å². The molecular weight excluding hydrogens is 394 g/mol. The zero-order valence-electron chi connectivity index (χ0n) is 17.3. The quantitative estimate of drug-likeness (QED) is 0.455.